The number of hydrogen-bond acceptors (Lipinski definition) is 8. The number of thioether (sulfide) groups is 1. The lowest BCUT2D eigenvalue weighted by Gasteiger charge is -2.39. The predicted octanol–water partition coefficient (Wildman–Crippen LogP) is 4.83. The molecule has 0 aliphatic carbocycles. The van der Waals surface area contributed by atoms with Crippen LogP contribution in [0.1, 0.15) is 50.2 Å². The number of fused-ring (bicyclic) bond motifs is 1. The van der Waals surface area contributed by atoms with Crippen molar-refractivity contribution in [1.29, 1.82) is 0 Å². The van der Waals surface area contributed by atoms with Crippen LogP contribution in [0.2, 0.25) is 0 Å². The van der Waals surface area contributed by atoms with Crippen LogP contribution >= 0.6 is 11.8 Å². The van der Waals surface area contributed by atoms with E-state index < -0.39 is 12.1 Å². The van der Waals surface area contributed by atoms with E-state index in [0.717, 1.165) is 71.9 Å². The lowest BCUT2D eigenvalue weighted by molar-refractivity contribution is -0.137. The Balaban J connectivity index is 1.32. The summed E-state index contributed by atoms with van der Waals surface area (Å²) in [4.78, 5) is 26.4. The lowest BCUT2D eigenvalue weighted by Crippen LogP contribution is -2.41. The van der Waals surface area contributed by atoms with E-state index in [4.69, 9.17) is 4.74 Å². The van der Waals surface area contributed by atoms with Crippen LogP contribution in [0.25, 0.3) is 10.9 Å². The topological polar surface area (TPSA) is 109 Å². The van der Waals surface area contributed by atoms with E-state index >= 15 is 0 Å². The Labute approximate surface area is 222 Å². The van der Waals surface area contributed by atoms with Gasteiger partial charge in [0.1, 0.15) is 12.1 Å². The molecule has 3 aromatic rings. The molecule has 0 radical (unpaired) electrons. The van der Waals surface area contributed by atoms with E-state index in [2.05, 4.69) is 19.9 Å². The SMILES string of the molecule is COc1ccc2nccc(C(O)CC[C@@H]3CCN(CCCSc4ccncn4)C[C@@H]3CCC(=O)O)c2c1. The number of benzene rings is 1. The van der Waals surface area contributed by atoms with Gasteiger partial charge in [0, 0.05) is 36.5 Å². The molecule has 3 atom stereocenters. The second-order valence-electron chi connectivity index (χ2n) is 9.67. The van der Waals surface area contributed by atoms with E-state index in [1.165, 1.54) is 0 Å². The van der Waals surface area contributed by atoms with E-state index in [1.807, 2.05) is 30.3 Å². The van der Waals surface area contributed by atoms with Gasteiger partial charge in [-0.15, -0.1) is 11.8 Å². The number of carboxylic acids is 1. The Bertz CT molecular complexity index is 1150. The number of ether oxygens (including phenoxy) is 1. The maximum absolute atomic E-state index is 11.3. The summed E-state index contributed by atoms with van der Waals surface area (Å²) in [5, 5.41) is 22.3. The number of pyridine rings is 1. The lowest BCUT2D eigenvalue weighted by atomic mass is 9.79. The molecule has 37 heavy (non-hydrogen) atoms. The van der Waals surface area contributed by atoms with E-state index in [1.54, 1.807) is 37.6 Å². The number of likely N-dealkylation sites (tertiary alicyclic amines) is 1. The van der Waals surface area contributed by atoms with Crippen molar-refractivity contribution in [3.05, 3.63) is 54.6 Å². The van der Waals surface area contributed by atoms with Crippen molar-refractivity contribution in [3.8, 4) is 5.75 Å². The molecule has 2 aromatic heterocycles. The van der Waals surface area contributed by atoms with Crippen LogP contribution < -0.4 is 4.74 Å². The summed E-state index contributed by atoms with van der Waals surface area (Å²) in [6, 6.07) is 9.53. The van der Waals surface area contributed by atoms with Gasteiger partial charge in [0.2, 0.25) is 0 Å². The second kappa shape index (κ2) is 13.7. The molecule has 3 heterocycles. The van der Waals surface area contributed by atoms with Crippen LogP contribution in [0.3, 0.4) is 0 Å². The van der Waals surface area contributed by atoms with Gasteiger partial charge < -0.3 is 19.8 Å². The Morgan fingerprint density at radius 3 is 2.86 bits per heavy atom. The van der Waals surface area contributed by atoms with Crippen LogP contribution in [0.15, 0.2) is 54.1 Å². The Kier molecular flexibility index (Phi) is 10.1. The zero-order valence-corrected chi connectivity index (χ0v) is 22.1. The van der Waals surface area contributed by atoms with Gasteiger partial charge in [-0.1, -0.05) is 0 Å². The Morgan fingerprint density at radius 2 is 2.08 bits per heavy atom. The third-order valence-electron chi connectivity index (χ3n) is 7.28. The number of carbonyl (C=O) groups is 1. The molecule has 0 spiro atoms. The minimum atomic E-state index is -0.741. The molecule has 1 aromatic carbocycles. The highest BCUT2D eigenvalue weighted by atomic mass is 32.2. The van der Waals surface area contributed by atoms with Gasteiger partial charge in [-0.25, -0.2) is 9.97 Å². The predicted molar refractivity (Wildman–Crippen MR) is 145 cm³/mol. The van der Waals surface area contributed by atoms with Crippen molar-refractivity contribution in [2.24, 2.45) is 11.8 Å². The average Bonchev–Trinajstić information content (AvgIpc) is 2.93. The highest BCUT2D eigenvalue weighted by Gasteiger charge is 2.30. The quantitative estimate of drug-likeness (QED) is 0.185. The van der Waals surface area contributed by atoms with Crippen LogP contribution in [-0.2, 0) is 4.79 Å². The van der Waals surface area contributed by atoms with Gasteiger partial charge in [-0.2, -0.15) is 0 Å². The molecule has 0 amide bonds. The number of methoxy groups -OCH3 is 1. The van der Waals surface area contributed by atoms with E-state index in [0.29, 0.717) is 24.7 Å². The summed E-state index contributed by atoms with van der Waals surface area (Å²) >= 11 is 1.74. The molecule has 0 saturated carbocycles. The second-order valence-corrected chi connectivity index (χ2v) is 10.8. The molecule has 4 rings (SSSR count). The van der Waals surface area contributed by atoms with Gasteiger partial charge >= 0.3 is 5.97 Å². The Morgan fingerprint density at radius 1 is 1.19 bits per heavy atom. The molecule has 1 aliphatic heterocycles. The normalized spacial score (nSPS) is 19.1. The third kappa shape index (κ3) is 7.87. The van der Waals surface area contributed by atoms with Crippen molar-refractivity contribution in [2.75, 3.05) is 32.5 Å². The first-order valence-electron chi connectivity index (χ1n) is 13.0. The summed E-state index contributed by atoms with van der Waals surface area (Å²) in [5.74, 6) is 1.72. The first-order valence-corrected chi connectivity index (χ1v) is 14.0. The average molecular weight is 525 g/mol. The highest BCUT2D eigenvalue weighted by Crippen LogP contribution is 2.35. The molecule has 1 fully saturated rings. The Hall–Kier alpha value is -2.75. The largest absolute Gasteiger partial charge is 0.497 e. The number of aliphatic hydroxyl groups is 1. The number of aromatic nitrogens is 3. The van der Waals surface area contributed by atoms with Crippen LogP contribution in [0.5, 0.6) is 5.75 Å². The smallest absolute Gasteiger partial charge is 0.303 e. The number of nitrogens with zero attached hydrogens (tertiary/aromatic N) is 4. The summed E-state index contributed by atoms with van der Waals surface area (Å²) in [5.41, 5.74) is 1.70. The fraction of sp³-hybridized carbons (Fsp3) is 0.500. The summed E-state index contributed by atoms with van der Waals surface area (Å²) in [6.07, 6.45) is 8.94. The van der Waals surface area contributed by atoms with Crippen LogP contribution in [-0.4, -0.2) is 68.5 Å². The van der Waals surface area contributed by atoms with Crippen molar-refractivity contribution in [3.63, 3.8) is 0 Å². The molecule has 9 heteroatoms. The van der Waals surface area contributed by atoms with E-state index in [-0.39, 0.29) is 6.42 Å². The number of hydrogen-bond donors (Lipinski definition) is 2. The maximum Gasteiger partial charge on any atom is 0.303 e. The van der Waals surface area contributed by atoms with Gasteiger partial charge in [0.25, 0.3) is 0 Å². The molecule has 1 aliphatic rings. The van der Waals surface area contributed by atoms with Crippen molar-refractivity contribution in [2.45, 2.75) is 49.7 Å². The van der Waals surface area contributed by atoms with Crippen molar-refractivity contribution in [1.82, 2.24) is 19.9 Å². The summed E-state index contributed by atoms with van der Waals surface area (Å²) < 4.78 is 5.37. The van der Waals surface area contributed by atoms with Crippen LogP contribution in [0, 0.1) is 11.8 Å². The first-order chi connectivity index (χ1) is 18.0. The standard InChI is InChI=1S/C28H36N4O4S/c1-36-22-5-6-25-24(17-22)23(9-13-30-25)26(33)7-3-20-11-15-32(18-21(20)4-8-28(34)35)14-2-16-37-27-10-12-29-19-31-27/h5-6,9-10,12-13,17,19-21,26,33H,2-4,7-8,11,14-16,18H2,1H3,(H,34,35)/t20-,21+,26?/m1/s1. The molecule has 1 saturated heterocycles. The number of rotatable bonds is 13. The number of aliphatic hydroxyl groups excluding tert-OH is 1. The van der Waals surface area contributed by atoms with Crippen molar-refractivity contribution >= 4 is 28.6 Å². The summed E-state index contributed by atoms with van der Waals surface area (Å²) in [6.45, 7) is 2.93. The highest BCUT2D eigenvalue weighted by molar-refractivity contribution is 7.99. The minimum absolute atomic E-state index is 0.190. The van der Waals surface area contributed by atoms with Crippen LogP contribution in [0.4, 0.5) is 0 Å². The molecule has 2 N–H and O–H groups in total. The zero-order chi connectivity index (χ0) is 26.0. The molecule has 0 bridgehead atoms. The fourth-order valence-corrected chi connectivity index (χ4v) is 6.06. The number of carboxylic acid groups (broad SMARTS) is 1. The fourth-order valence-electron chi connectivity index (χ4n) is 5.30. The maximum atomic E-state index is 11.3. The van der Waals surface area contributed by atoms with Gasteiger partial charge in [-0.3, -0.25) is 9.78 Å². The number of aliphatic carboxylic acids is 1. The zero-order valence-electron chi connectivity index (χ0n) is 21.3. The molecular weight excluding hydrogens is 488 g/mol. The van der Waals surface area contributed by atoms with Gasteiger partial charge in [0.05, 0.1) is 23.8 Å². The van der Waals surface area contributed by atoms with Crippen molar-refractivity contribution < 1.29 is 19.7 Å². The molecule has 198 valence electrons. The molecule has 1 unspecified atom stereocenters. The summed E-state index contributed by atoms with van der Waals surface area (Å²) in [7, 11) is 1.63. The van der Waals surface area contributed by atoms with Gasteiger partial charge in [-0.05, 0) is 92.9 Å². The third-order valence-corrected chi connectivity index (χ3v) is 8.31. The molecule has 8 nitrogen and oxygen atoms in total. The van der Waals surface area contributed by atoms with E-state index in [9.17, 15) is 15.0 Å². The molecular formula is C28H36N4O4S. The van der Waals surface area contributed by atoms with Gasteiger partial charge in [0.15, 0.2) is 0 Å². The number of piperidine rings is 1. The monoisotopic (exact) mass is 524 g/mol. The first kappa shape index (κ1) is 27.3. The minimum Gasteiger partial charge on any atom is -0.497 e.